The van der Waals surface area contributed by atoms with Crippen LogP contribution in [-0.2, 0) is 4.79 Å². The Balaban J connectivity index is 1.77. The van der Waals surface area contributed by atoms with Crippen LogP contribution in [0.15, 0.2) is 16.7 Å². The molecule has 1 fully saturated rings. The molecule has 1 heterocycles. The zero-order valence-electron chi connectivity index (χ0n) is 12.4. The van der Waals surface area contributed by atoms with Gasteiger partial charge in [0.2, 0.25) is 5.89 Å². The van der Waals surface area contributed by atoms with Crippen LogP contribution >= 0.6 is 0 Å². The highest BCUT2D eigenvalue weighted by Gasteiger charge is 2.35. The maximum Gasteiger partial charge on any atom is 0.307 e. The van der Waals surface area contributed by atoms with E-state index < -0.39 is 11.9 Å². The lowest BCUT2D eigenvalue weighted by Crippen LogP contribution is -2.23. The molecule has 21 heavy (non-hydrogen) atoms. The Labute approximate surface area is 124 Å². The van der Waals surface area contributed by atoms with Gasteiger partial charge in [0, 0.05) is 5.92 Å². The van der Waals surface area contributed by atoms with E-state index in [1.165, 1.54) is 12.8 Å². The van der Waals surface area contributed by atoms with E-state index in [4.69, 9.17) is 4.52 Å². The first-order valence-corrected chi connectivity index (χ1v) is 7.86. The van der Waals surface area contributed by atoms with Gasteiger partial charge in [0.25, 0.3) is 0 Å². The van der Waals surface area contributed by atoms with Gasteiger partial charge in [-0.2, -0.15) is 4.98 Å². The van der Waals surface area contributed by atoms with Gasteiger partial charge in [-0.25, -0.2) is 0 Å². The SMILES string of the molecule is CC1CCCC(c2noc([C@@H]3CC=CC[C@@H]3C(=O)O)n2)C1. The summed E-state index contributed by atoms with van der Waals surface area (Å²) in [7, 11) is 0. The molecule has 1 N–H and O–H groups in total. The van der Waals surface area contributed by atoms with Crippen LogP contribution in [0.1, 0.15) is 69.0 Å². The largest absolute Gasteiger partial charge is 0.481 e. The van der Waals surface area contributed by atoms with Gasteiger partial charge in [0.1, 0.15) is 0 Å². The van der Waals surface area contributed by atoms with Crippen LogP contribution in [0.2, 0.25) is 0 Å². The Morgan fingerprint density at radius 3 is 2.90 bits per heavy atom. The maximum absolute atomic E-state index is 11.4. The van der Waals surface area contributed by atoms with Gasteiger partial charge < -0.3 is 9.63 Å². The van der Waals surface area contributed by atoms with Crippen molar-refractivity contribution in [3.05, 3.63) is 23.9 Å². The van der Waals surface area contributed by atoms with Gasteiger partial charge in [-0.05, 0) is 31.6 Å². The number of carboxylic acid groups (broad SMARTS) is 1. The minimum absolute atomic E-state index is 0.185. The van der Waals surface area contributed by atoms with Crippen molar-refractivity contribution in [2.24, 2.45) is 11.8 Å². The zero-order chi connectivity index (χ0) is 14.8. The molecule has 0 saturated heterocycles. The van der Waals surface area contributed by atoms with Crippen molar-refractivity contribution in [3.8, 4) is 0 Å². The van der Waals surface area contributed by atoms with Crippen molar-refractivity contribution in [3.63, 3.8) is 0 Å². The Bertz CT molecular complexity index is 537. The summed E-state index contributed by atoms with van der Waals surface area (Å²) < 4.78 is 5.41. The molecule has 0 radical (unpaired) electrons. The first-order chi connectivity index (χ1) is 10.1. The van der Waals surface area contributed by atoms with Gasteiger partial charge >= 0.3 is 5.97 Å². The highest BCUT2D eigenvalue weighted by Crippen LogP contribution is 2.37. The number of aromatic nitrogens is 2. The lowest BCUT2D eigenvalue weighted by atomic mass is 9.81. The normalized spacial score (nSPS) is 33.0. The lowest BCUT2D eigenvalue weighted by molar-refractivity contribution is -0.142. The van der Waals surface area contributed by atoms with Crippen LogP contribution in [0.5, 0.6) is 0 Å². The smallest absolute Gasteiger partial charge is 0.307 e. The molecule has 4 atom stereocenters. The number of hydrogen-bond donors (Lipinski definition) is 1. The molecule has 114 valence electrons. The average Bonchev–Trinajstić information content (AvgIpc) is 2.97. The second kappa shape index (κ2) is 6.00. The van der Waals surface area contributed by atoms with Crippen molar-refractivity contribution in [2.45, 2.75) is 57.3 Å². The van der Waals surface area contributed by atoms with Gasteiger partial charge in [-0.15, -0.1) is 0 Å². The summed E-state index contributed by atoms with van der Waals surface area (Å²) in [6.45, 7) is 2.26. The van der Waals surface area contributed by atoms with Gasteiger partial charge in [0.05, 0.1) is 11.8 Å². The molecule has 0 bridgehead atoms. The molecule has 1 aromatic heterocycles. The lowest BCUT2D eigenvalue weighted by Gasteiger charge is -2.24. The van der Waals surface area contributed by atoms with Crippen LogP contribution in [0.25, 0.3) is 0 Å². The molecule has 1 saturated carbocycles. The van der Waals surface area contributed by atoms with E-state index in [9.17, 15) is 9.90 Å². The first-order valence-electron chi connectivity index (χ1n) is 7.86. The number of allylic oxidation sites excluding steroid dienone is 2. The number of carboxylic acids is 1. The standard InChI is InChI=1S/C16H22N2O3/c1-10-5-4-6-11(9-10)14-17-15(21-18-14)12-7-2-3-8-13(12)16(19)20/h2-3,10-13H,4-9H2,1H3,(H,19,20)/t10?,11?,12-,13+/m1/s1. The molecule has 0 aliphatic heterocycles. The van der Waals surface area contributed by atoms with E-state index in [2.05, 4.69) is 17.1 Å². The van der Waals surface area contributed by atoms with E-state index in [0.29, 0.717) is 30.6 Å². The van der Waals surface area contributed by atoms with Gasteiger partial charge in [0.15, 0.2) is 5.82 Å². The van der Waals surface area contributed by atoms with Gasteiger partial charge in [-0.3, -0.25) is 4.79 Å². The summed E-state index contributed by atoms with van der Waals surface area (Å²) in [5, 5.41) is 13.5. The highest BCUT2D eigenvalue weighted by molar-refractivity contribution is 5.71. The molecule has 1 aromatic rings. The number of aliphatic carboxylic acids is 1. The molecule has 5 heteroatoms. The molecule has 0 aromatic carbocycles. The fourth-order valence-corrected chi connectivity index (χ4v) is 3.59. The maximum atomic E-state index is 11.4. The van der Waals surface area contributed by atoms with E-state index in [-0.39, 0.29) is 5.92 Å². The molecule has 0 amide bonds. The molecule has 2 aliphatic carbocycles. The van der Waals surface area contributed by atoms with Crippen molar-refractivity contribution >= 4 is 5.97 Å². The van der Waals surface area contributed by atoms with Crippen LogP contribution in [0.4, 0.5) is 0 Å². The fraction of sp³-hybridized carbons (Fsp3) is 0.688. The Morgan fingerprint density at radius 1 is 1.33 bits per heavy atom. The Kier molecular flexibility index (Phi) is 4.08. The molecule has 0 spiro atoms. The second-order valence-corrected chi connectivity index (χ2v) is 6.45. The molecule has 5 nitrogen and oxygen atoms in total. The molecule has 3 rings (SSSR count). The van der Waals surface area contributed by atoms with E-state index in [1.807, 2.05) is 12.2 Å². The summed E-state index contributed by atoms with van der Waals surface area (Å²) in [6, 6.07) is 0. The minimum atomic E-state index is -0.782. The quantitative estimate of drug-likeness (QED) is 0.862. The number of carbonyl (C=O) groups is 1. The number of hydrogen-bond acceptors (Lipinski definition) is 4. The van der Waals surface area contributed by atoms with E-state index >= 15 is 0 Å². The van der Waals surface area contributed by atoms with Crippen LogP contribution in [0.3, 0.4) is 0 Å². The molecule has 2 aliphatic rings. The van der Waals surface area contributed by atoms with E-state index in [0.717, 1.165) is 18.7 Å². The Hall–Kier alpha value is -1.65. The third-order valence-corrected chi connectivity index (χ3v) is 4.83. The van der Waals surface area contributed by atoms with Crippen LogP contribution in [-0.4, -0.2) is 21.2 Å². The topological polar surface area (TPSA) is 76.2 Å². The van der Waals surface area contributed by atoms with Crippen molar-refractivity contribution < 1.29 is 14.4 Å². The van der Waals surface area contributed by atoms with Crippen molar-refractivity contribution in [1.29, 1.82) is 0 Å². The summed E-state index contributed by atoms with van der Waals surface area (Å²) in [5.74, 6) is 0.928. The van der Waals surface area contributed by atoms with Crippen LogP contribution < -0.4 is 0 Å². The average molecular weight is 290 g/mol. The first kappa shape index (κ1) is 14.3. The summed E-state index contributed by atoms with van der Waals surface area (Å²) in [4.78, 5) is 15.9. The Morgan fingerprint density at radius 2 is 2.14 bits per heavy atom. The third-order valence-electron chi connectivity index (χ3n) is 4.83. The predicted octanol–water partition coefficient (Wildman–Crippen LogP) is 3.50. The second-order valence-electron chi connectivity index (χ2n) is 6.45. The molecule has 2 unspecified atom stereocenters. The van der Waals surface area contributed by atoms with Crippen molar-refractivity contribution in [1.82, 2.24) is 10.1 Å². The third kappa shape index (κ3) is 3.01. The number of rotatable bonds is 3. The van der Waals surface area contributed by atoms with E-state index in [1.54, 1.807) is 0 Å². The van der Waals surface area contributed by atoms with Crippen LogP contribution in [0, 0.1) is 11.8 Å². The minimum Gasteiger partial charge on any atom is -0.481 e. The summed E-state index contributed by atoms with van der Waals surface area (Å²) in [6.07, 6.45) is 9.83. The summed E-state index contributed by atoms with van der Waals surface area (Å²) in [5.41, 5.74) is 0. The molecular weight excluding hydrogens is 268 g/mol. The number of nitrogens with zero attached hydrogens (tertiary/aromatic N) is 2. The monoisotopic (exact) mass is 290 g/mol. The predicted molar refractivity (Wildman–Crippen MR) is 76.9 cm³/mol. The molecular formula is C16H22N2O3. The summed E-state index contributed by atoms with van der Waals surface area (Å²) >= 11 is 0. The zero-order valence-corrected chi connectivity index (χ0v) is 12.4. The fourth-order valence-electron chi connectivity index (χ4n) is 3.59. The van der Waals surface area contributed by atoms with Gasteiger partial charge in [-0.1, -0.05) is 37.1 Å². The highest BCUT2D eigenvalue weighted by atomic mass is 16.5. The van der Waals surface area contributed by atoms with Crippen molar-refractivity contribution in [2.75, 3.05) is 0 Å².